The highest BCUT2D eigenvalue weighted by molar-refractivity contribution is 5.79. The molecule has 0 unspecified atom stereocenters. The monoisotopic (exact) mass is 178 g/mol. The van der Waals surface area contributed by atoms with Crippen LogP contribution in [0.3, 0.4) is 0 Å². The van der Waals surface area contributed by atoms with E-state index in [1.807, 2.05) is 19.9 Å². The first-order chi connectivity index (χ1) is 6.11. The molecule has 0 aliphatic heterocycles. The number of nitrogens with zero attached hydrogens (tertiary/aromatic N) is 3. The molecule has 1 heterocycles. The highest BCUT2D eigenvalue weighted by atomic mass is 16.1. The third-order valence-electron chi connectivity index (χ3n) is 1.69. The van der Waals surface area contributed by atoms with E-state index in [0.29, 0.717) is 6.29 Å². The molecule has 1 aromatic rings. The van der Waals surface area contributed by atoms with Crippen molar-refractivity contribution in [3.05, 3.63) is 11.3 Å². The van der Waals surface area contributed by atoms with Crippen LogP contribution in [-0.2, 0) is 0 Å². The van der Waals surface area contributed by atoms with Crippen molar-refractivity contribution in [3.63, 3.8) is 0 Å². The lowest BCUT2D eigenvalue weighted by atomic mass is 10.2. The molecule has 0 atom stereocenters. The summed E-state index contributed by atoms with van der Waals surface area (Å²) in [7, 11) is 0. The Morgan fingerprint density at radius 3 is 2.62 bits per heavy atom. The summed E-state index contributed by atoms with van der Waals surface area (Å²) in [4.78, 5) is 10.5. The summed E-state index contributed by atoms with van der Waals surface area (Å²) in [6, 6.07) is 1.89. The lowest BCUT2D eigenvalue weighted by Gasteiger charge is -2.06. The minimum atomic E-state index is 0.0424. The van der Waals surface area contributed by atoms with Gasteiger partial charge in [0.25, 0.3) is 0 Å². The molecule has 1 rings (SSSR count). The Hall–Kier alpha value is -1.83. The summed E-state index contributed by atoms with van der Waals surface area (Å²) >= 11 is 0. The van der Waals surface area contributed by atoms with Gasteiger partial charge in [-0.2, -0.15) is 10.4 Å². The van der Waals surface area contributed by atoms with Crippen molar-refractivity contribution in [2.75, 3.05) is 5.73 Å². The number of carbonyl (C=O) groups is 1. The number of hydrogen-bond acceptors (Lipinski definition) is 4. The highest BCUT2D eigenvalue weighted by Gasteiger charge is 2.15. The standard InChI is InChI=1S/C8H10N4O/c1-5(2)12-8(10)6(3-9)7(4-13)11-12/h4-5H,10H2,1-2H3. The molecule has 0 amide bonds. The van der Waals surface area contributed by atoms with E-state index < -0.39 is 0 Å². The first-order valence-corrected chi connectivity index (χ1v) is 3.85. The fraction of sp³-hybridized carbons (Fsp3) is 0.375. The van der Waals surface area contributed by atoms with E-state index in [9.17, 15) is 4.79 Å². The van der Waals surface area contributed by atoms with E-state index >= 15 is 0 Å². The lowest BCUT2D eigenvalue weighted by molar-refractivity contribution is 0.111. The van der Waals surface area contributed by atoms with Crippen molar-refractivity contribution in [1.29, 1.82) is 5.26 Å². The van der Waals surface area contributed by atoms with Crippen LogP contribution in [0.2, 0.25) is 0 Å². The van der Waals surface area contributed by atoms with Crippen molar-refractivity contribution < 1.29 is 4.79 Å². The fourth-order valence-corrected chi connectivity index (χ4v) is 1.06. The Labute approximate surface area is 75.8 Å². The predicted molar refractivity (Wildman–Crippen MR) is 47.1 cm³/mol. The second-order valence-electron chi connectivity index (χ2n) is 2.91. The summed E-state index contributed by atoms with van der Waals surface area (Å²) in [6.45, 7) is 3.75. The largest absolute Gasteiger partial charge is 0.383 e. The van der Waals surface area contributed by atoms with Gasteiger partial charge in [-0.25, -0.2) is 4.68 Å². The topological polar surface area (TPSA) is 84.7 Å². The first-order valence-electron chi connectivity index (χ1n) is 3.85. The second kappa shape index (κ2) is 3.27. The summed E-state index contributed by atoms with van der Waals surface area (Å²) in [5, 5.41) is 12.6. The van der Waals surface area contributed by atoms with Gasteiger partial charge in [0, 0.05) is 6.04 Å². The number of nitrogens with two attached hydrogens (primary N) is 1. The zero-order valence-electron chi connectivity index (χ0n) is 7.48. The Morgan fingerprint density at radius 2 is 2.31 bits per heavy atom. The van der Waals surface area contributed by atoms with Gasteiger partial charge in [-0.3, -0.25) is 4.79 Å². The molecule has 0 aliphatic rings. The molecule has 0 aliphatic carbocycles. The molecule has 68 valence electrons. The van der Waals surface area contributed by atoms with Gasteiger partial charge in [-0.15, -0.1) is 0 Å². The van der Waals surface area contributed by atoms with Crippen LogP contribution in [0.1, 0.15) is 35.9 Å². The summed E-state index contributed by atoms with van der Waals surface area (Å²) in [6.07, 6.45) is 0.536. The van der Waals surface area contributed by atoms with Crippen LogP contribution in [0.4, 0.5) is 5.82 Å². The maximum absolute atomic E-state index is 10.5. The summed E-state index contributed by atoms with van der Waals surface area (Å²) in [5.41, 5.74) is 5.87. The van der Waals surface area contributed by atoms with E-state index in [-0.39, 0.29) is 23.1 Å². The molecule has 0 bridgehead atoms. The van der Waals surface area contributed by atoms with Gasteiger partial charge in [-0.05, 0) is 13.8 Å². The number of carbonyl (C=O) groups excluding carboxylic acids is 1. The Balaban J connectivity index is 3.37. The van der Waals surface area contributed by atoms with Gasteiger partial charge in [0.05, 0.1) is 0 Å². The van der Waals surface area contributed by atoms with Crippen molar-refractivity contribution >= 4 is 12.1 Å². The maximum atomic E-state index is 10.5. The number of aromatic nitrogens is 2. The molecule has 5 heteroatoms. The highest BCUT2D eigenvalue weighted by Crippen LogP contribution is 2.18. The molecule has 0 saturated heterocycles. The molecule has 0 fully saturated rings. The molecule has 0 spiro atoms. The fourth-order valence-electron chi connectivity index (χ4n) is 1.06. The van der Waals surface area contributed by atoms with Gasteiger partial charge in [0.1, 0.15) is 23.1 Å². The van der Waals surface area contributed by atoms with Crippen LogP contribution in [0.15, 0.2) is 0 Å². The van der Waals surface area contributed by atoms with Crippen LogP contribution in [0.25, 0.3) is 0 Å². The second-order valence-corrected chi connectivity index (χ2v) is 2.91. The third kappa shape index (κ3) is 1.38. The number of aldehydes is 1. The van der Waals surface area contributed by atoms with E-state index in [2.05, 4.69) is 5.10 Å². The van der Waals surface area contributed by atoms with Crippen LogP contribution >= 0.6 is 0 Å². The van der Waals surface area contributed by atoms with Crippen molar-refractivity contribution in [1.82, 2.24) is 9.78 Å². The zero-order valence-corrected chi connectivity index (χ0v) is 7.48. The van der Waals surface area contributed by atoms with Gasteiger partial charge < -0.3 is 5.73 Å². The molecular formula is C8H10N4O. The number of anilines is 1. The zero-order chi connectivity index (χ0) is 10.0. The van der Waals surface area contributed by atoms with Gasteiger partial charge in [0.15, 0.2) is 6.29 Å². The minimum absolute atomic E-state index is 0.0424. The van der Waals surface area contributed by atoms with Crippen molar-refractivity contribution in [3.8, 4) is 6.07 Å². The molecule has 0 saturated carbocycles. The summed E-state index contributed by atoms with van der Waals surface area (Å²) < 4.78 is 1.46. The van der Waals surface area contributed by atoms with E-state index in [1.165, 1.54) is 4.68 Å². The molecule has 0 radical (unpaired) electrons. The maximum Gasteiger partial charge on any atom is 0.171 e. The van der Waals surface area contributed by atoms with Crippen molar-refractivity contribution in [2.45, 2.75) is 19.9 Å². The van der Waals surface area contributed by atoms with Crippen LogP contribution < -0.4 is 5.73 Å². The quantitative estimate of drug-likeness (QED) is 0.676. The van der Waals surface area contributed by atoms with Gasteiger partial charge in [0.2, 0.25) is 0 Å². The molecule has 5 nitrogen and oxygen atoms in total. The predicted octanol–water partition coefficient (Wildman–Crippen LogP) is 0.730. The van der Waals surface area contributed by atoms with Gasteiger partial charge in [-0.1, -0.05) is 0 Å². The number of nitriles is 1. The SMILES string of the molecule is CC(C)n1nc(C=O)c(C#N)c1N. The average molecular weight is 178 g/mol. The van der Waals surface area contributed by atoms with E-state index in [4.69, 9.17) is 11.0 Å². The first kappa shape index (κ1) is 9.26. The number of nitrogen functional groups attached to an aromatic ring is 1. The Morgan fingerprint density at radius 1 is 1.69 bits per heavy atom. The summed E-state index contributed by atoms with van der Waals surface area (Å²) in [5.74, 6) is 0.250. The van der Waals surface area contributed by atoms with Crippen LogP contribution in [-0.4, -0.2) is 16.1 Å². The van der Waals surface area contributed by atoms with Gasteiger partial charge >= 0.3 is 0 Å². The third-order valence-corrected chi connectivity index (χ3v) is 1.69. The normalized spacial score (nSPS) is 10.0. The minimum Gasteiger partial charge on any atom is -0.383 e. The van der Waals surface area contributed by atoms with Crippen LogP contribution in [0, 0.1) is 11.3 Å². The number of hydrogen-bond donors (Lipinski definition) is 1. The Kier molecular flexibility index (Phi) is 2.33. The molecule has 2 N–H and O–H groups in total. The molecule has 0 aromatic carbocycles. The molecule has 1 aromatic heterocycles. The molecule has 13 heavy (non-hydrogen) atoms. The average Bonchev–Trinajstić information content (AvgIpc) is 2.41. The van der Waals surface area contributed by atoms with Crippen LogP contribution in [0.5, 0.6) is 0 Å². The Bertz CT molecular complexity index is 372. The van der Waals surface area contributed by atoms with Crippen molar-refractivity contribution in [2.24, 2.45) is 0 Å². The molecular weight excluding hydrogens is 168 g/mol. The lowest BCUT2D eigenvalue weighted by Crippen LogP contribution is -2.07. The van der Waals surface area contributed by atoms with E-state index in [1.54, 1.807) is 0 Å². The smallest absolute Gasteiger partial charge is 0.171 e. The van der Waals surface area contributed by atoms with E-state index in [0.717, 1.165) is 0 Å². The number of rotatable bonds is 2.